The van der Waals surface area contributed by atoms with Crippen LogP contribution in [0.5, 0.6) is 0 Å². The van der Waals surface area contributed by atoms with Gasteiger partial charge in [-0.3, -0.25) is 10.0 Å². The fourth-order valence-electron chi connectivity index (χ4n) is 3.30. The number of nitrogens with zero attached hydrogens (tertiary/aromatic N) is 4. The largest absolute Gasteiger partial charge is 0.398 e. The van der Waals surface area contributed by atoms with Crippen LogP contribution in [0.25, 0.3) is 0 Å². The van der Waals surface area contributed by atoms with Crippen LogP contribution in [0.1, 0.15) is 46.6 Å². The monoisotopic (exact) mass is 414 g/mol. The molecule has 30 heavy (non-hydrogen) atoms. The minimum Gasteiger partial charge on any atom is -0.398 e. The van der Waals surface area contributed by atoms with Gasteiger partial charge in [-0.1, -0.05) is 25.1 Å². The Kier molecular flexibility index (Phi) is 6.84. The van der Waals surface area contributed by atoms with Crippen molar-refractivity contribution in [3.8, 4) is 0 Å². The van der Waals surface area contributed by atoms with Crippen LogP contribution >= 0.6 is 0 Å². The number of nitrogens with two attached hydrogens (primary N) is 1. The molecule has 0 radical (unpaired) electrons. The summed E-state index contributed by atoms with van der Waals surface area (Å²) in [6.07, 6.45) is 0.768. The number of rotatable bonds is 9. The molecule has 164 valence electrons. The van der Waals surface area contributed by atoms with Crippen LogP contribution in [0.15, 0.2) is 24.3 Å². The topological polar surface area (TPSA) is 115 Å². The quantitative estimate of drug-likeness (QED) is 0.395. The highest BCUT2D eigenvalue weighted by molar-refractivity contribution is 5.83. The van der Waals surface area contributed by atoms with Crippen LogP contribution in [0.3, 0.4) is 0 Å². The zero-order valence-corrected chi connectivity index (χ0v) is 18.5. The van der Waals surface area contributed by atoms with Gasteiger partial charge in [0.15, 0.2) is 11.6 Å². The van der Waals surface area contributed by atoms with Gasteiger partial charge in [0.2, 0.25) is 5.95 Å². The van der Waals surface area contributed by atoms with E-state index in [-0.39, 0.29) is 24.7 Å². The van der Waals surface area contributed by atoms with Gasteiger partial charge < -0.3 is 21.5 Å². The number of nitrogens with one attached hydrogen (secondary N) is 3. The van der Waals surface area contributed by atoms with E-state index in [9.17, 15) is 5.11 Å². The minimum absolute atomic E-state index is 0.0184. The summed E-state index contributed by atoms with van der Waals surface area (Å²) >= 11 is 0. The van der Waals surface area contributed by atoms with Gasteiger partial charge in [-0.2, -0.15) is 9.97 Å². The molecule has 6 N–H and O–H groups in total. The second-order valence-electron chi connectivity index (χ2n) is 8.08. The third-order valence-electron chi connectivity index (χ3n) is 5.13. The zero-order chi connectivity index (χ0) is 21.8. The third-order valence-corrected chi connectivity index (χ3v) is 5.13. The van der Waals surface area contributed by atoms with Crippen molar-refractivity contribution in [3.05, 3.63) is 29.8 Å². The molecule has 1 aromatic heterocycles. The van der Waals surface area contributed by atoms with E-state index in [0.717, 1.165) is 29.2 Å². The first-order chi connectivity index (χ1) is 14.3. The molecule has 2 aromatic rings. The second-order valence-corrected chi connectivity index (χ2v) is 8.08. The molecule has 0 spiro atoms. The van der Waals surface area contributed by atoms with Crippen molar-refractivity contribution in [1.82, 2.24) is 15.5 Å². The van der Waals surface area contributed by atoms with E-state index in [4.69, 9.17) is 15.7 Å². The van der Waals surface area contributed by atoms with Gasteiger partial charge in [0, 0.05) is 24.3 Å². The lowest BCUT2D eigenvalue weighted by Crippen LogP contribution is -2.50. The van der Waals surface area contributed by atoms with Crippen molar-refractivity contribution in [3.63, 3.8) is 0 Å². The first kappa shape index (κ1) is 21.9. The lowest BCUT2D eigenvalue weighted by atomic mass is 10.2. The first-order valence-electron chi connectivity index (χ1n) is 10.6. The fraction of sp³-hybridized carbons (Fsp3) is 0.524. The third kappa shape index (κ3) is 4.52. The maximum Gasteiger partial charge on any atom is 0.227 e. The maximum absolute atomic E-state index is 9.61. The molecule has 1 atom stereocenters. The number of aliphatic hydroxyl groups excluding tert-OH is 1. The number of nitrogen functional groups attached to an aromatic ring is 1. The SMILES string of the molecule is CCC(CO)Nc1nc(NCc2ccccc2N)c2c(n1)N(C(C)C)NN2C(C)C. The van der Waals surface area contributed by atoms with Crippen molar-refractivity contribution in [2.24, 2.45) is 0 Å². The molecule has 1 aliphatic heterocycles. The number of fused-ring (bicyclic) bond motifs is 1. The number of para-hydroxylation sites is 1. The molecular weight excluding hydrogens is 380 g/mol. The van der Waals surface area contributed by atoms with Crippen molar-refractivity contribution in [2.45, 2.75) is 65.7 Å². The van der Waals surface area contributed by atoms with Crippen LogP contribution in [-0.4, -0.2) is 39.8 Å². The molecule has 0 amide bonds. The molecule has 9 heteroatoms. The first-order valence-corrected chi connectivity index (χ1v) is 10.6. The summed E-state index contributed by atoms with van der Waals surface area (Å²) in [5, 5.41) is 20.4. The van der Waals surface area contributed by atoms with E-state index in [0.29, 0.717) is 18.3 Å². The van der Waals surface area contributed by atoms with E-state index in [1.807, 2.05) is 36.2 Å². The van der Waals surface area contributed by atoms with Crippen molar-refractivity contribution in [2.75, 3.05) is 33.0 Å². The van der Waals surface area contributed by atoms with Crippen LogP contribution in [0.2, 0.25) is 0 Å². The predicted octanol–water partition coefficient (Wildman–Crippen LogP) is 2.72. The van der Waals surface area contributed by atoms with Gasteiger partial charge in [0.1, 0.15) is 5.69 Å². The number of aliphatic hydroxyl groups is 1. The number of anilines is 5. The molecule has 0 saturated carbocycles. The van der Waals surface area contributed by atoms with Gasteiger partial charge >= 0.3 is 0 Å². The van der Waals surface area contributed by atoms with E-state index in [2.05, 4.69) is 48.9 Å². The molecule has 2 heterocycles. The standard InChI is InChI=1S/C21H34N8O/c1-6-16(12-30)24-21-25-19(23-11-15-9-7-8-10-17(15)22)18-20(26-21)29(14(4)5)27-28(18)13(2)3/h7-10,13-14,16,27,30H,6,11-12,22H2,1-5H3,(H2,23,24,25,26). The van der Waals surface area contributed by atoms with Crippen LogP contribution < -0.4 is 31.9 Å². The van der Waals surface area contributed by atoms with E-state index in [1.54, 1.807) is 0 Å². The average Bonchev–Trinajstić information content (AvgIpc) is 3.11. The lowest BCUT2D eigenvalue weighted by Gasteiger charge is -2.27. The summed E-state index contributed by atoms with van der Waals surface area (Å²) in [5.41, 5.74) is 12.2. The van der Waals surface area contributed by atoms with E-state index >= 15 is 0 Å². The summed E-state index contributed by atoms with van der Waals surface area (Å²) in [7, 11) is 0. The number of benzene rings is 1. The van der Waals surface area contributed by atoms with Crippen LogP contribution in [0, 0.1) is 0 Å². The van der Waals surface area contributed by atoms with Crippen molar-refractivity contribution >= 4 is 29.0 Å². The Labute approximate surface area is 178 Å². The molecule has 0 fully saturated rings. The number of hydrogen-bond donors (Lipinski definition) is 5. The Balaban J connectivity index is 2.02. The molecule has 0 aliphatic carbocycles. The lowest BCUT2D eigenvalue weighted by molar-refractivity contribution is 0.271. The Morgan fingerprint density at radius 3 is 2.40 bits per heavy atom. The predicted molar refractivity (Wildman–Crippen MR) is 123 cm³/mol. The van der Waals surface area contributed by atoms with Crippen molar-refractivity contribution < 1.29 is 5.11 Å². The molecular formula is C21H34N8O. The summed E-state index contributed by atoms with van der Waals surface area (Å²) in [6.45, 7) is 11.0. The Hall–Kier alpha value is -2.78. The van der Waals surface area contributed by atoms with Crippen LogP contribution in [0.4, 0.5) is 29.0 Å². The van der Waals surface area contributed by atoms with E-state index in [1.165, 1.54) is 0 Å². The highest BCUT2D eigenvalue weighted by Gasteiger charge is 2.34. The number of hydrogen-bond acceptors (Lipinski definition) is 9. The molecule has 3 rings (SSSR count). The smallest absolute Gasteiger partial charge is 0.227 e. The molecule has 0 bridgehead atoms. The summed E-state index contributed by atoms with van der Waals surface area (Å²) < 4.78 is 0. The van der Waals surface area contributed by atoms with Gasteiger partial charge in [0.05, 0.1) is 12.6 Å². The van der Waals surface area contributed by atoms with E-state index < -0.39 is 0 Å². The van der Waals surface area contributed by atoms with Gasteiger partial charge in [-0.05, 0) is 45.7 Å². The molecule has 1 unspecified atom stereocenters. The average molecular weight is 415 g/mol. The zero-order valence-electron chi connectivity index (χ0n) is 18.5. The van der Waals surface area contributed by atoms with Gasteiger partial charge in [0.25, 0.3) is 0 Å². The summed E-state index contributed by atoms with van der Waals surface area (Å²) in [6, 6.07) is 8.06. The minimum atomic E-state index is -0.108. The number of hydrazine groups is 2. The van der Waals surface area contributed by atoms with Crippen molar-refractivity contribution in [1.29, 1.82) is 0 Å². The van der Waals surface area contributed by atoms with Crippen LogP contribution in [-0.2, 0) is 6.54 Å². The molecule has 0 saturated heterocycles. The molecule has 9 nitrogen and oxygen atoms in total. The maximum atomic E-state index is 9.61. The normalized spacial score (nSPS) is 14.4. The Morgan fingerprint density at radius 1 is 1.10 bits per heavy atom. The molecule has 1 aliphatic rings. The van der Waals surface area contributed by atoms with Gasteiger partial charge in [-0.25, -0.2) is 0 Å². The Morgan fingerprint density at radius 2 is 1.80 bits per heavy atom. The van der Waals surface area contributed by atoms with Gasteiger partial charge in [-0.15, -0.1) is 5.53 Å². The summed E-state index contributed by atoms with van der Waals surface area (Å²) in [5.74, 6) is 1.99. The summed E-state index contributed by atoms with van der Waals surface area (Å²) in [4.78, 5) is 9.54. The highest BCUT2D eigenvalue weighted by atomic mass is 16.3. The second kappa shape index (κ2) is 9.36. The fourth-order valence-corrected chi connectivity index (χ4v) is 3.30. The molecule has 1 aromatic carbocycles. The Bertz CT molecular complexity index is 853. The highest BCUT2D eigenvalue weighted by Crippen LogP contribution is 2.40. The number of aromatic nitrogens is 2.